The van der Waals surface area contributed by atoms with E-state index in [9.17, 15) is 9.50 Å². The molecule has 4 heteroatoms. The maximum Gasteiger partial charge on any atom is 0.123 e. The Balaban J connectivity index is 1.65. The highest BCUT2D eigenvalue weighted by Crippen LogP contribution is 2.31. The largest absolute Gasteiger partial charge is 0.387 e. The van der Waals surface area contributed by atoms with Gasteiger partial charge in [-0.15, -0.1) is 0 Å². The molecule has 2 unspecified atom stereocenters. The third kappa shape index (κ3) is 2.71. The van der Waals surface area contributed by atoms with Crippen LogP contribution in [0, 0.1) is 5.82 Å². The molecule has 1 heterocycles. The summed E-state index contributed by atoms with van der Waals surface area (Å²) in [5.74, 6) is -0.202. The predicted octanol–water partition coefficient (Wildman–Crippen LogP) is 2.53. The van der Waals surface area contributed by atoms with Crippen LogP contribution in [0.1, 0.15) is 35.3 Å². The molecule has 0 spiro atoms. The lowest BCUT2D eigenvalue weighted by Crippen LogP contribution is -2.25. The Morgan fingerprint density at radius 2 is 2.10 bits per heavy atom. The van der Waals surface area contributed by atoms with E-state index < -0.39 is 6.10 Å². The van der Waals surface area contributed by atoms with Gasteiger partial charge in [-0.05, 0) is 53.8 Å². The Kier molecular flexibility index (Phi) is 3.76. The number of hydrogen-bond acceptors (Lipinski definition) is 3. The quantitative estimate of drug-likeness (QED) is 0.899. The standard InChI is InChI=1S/C16H17FN2O/c17-13-3-1-11-2-4-15(14(11)9-13)19-10-16(20)12-5-7-18-8-6-12/h1,3,5-9,15-16,19-20H,2,4,10H2. The molecule has 1 aromatic carbocycles. The topological polar surface area (TPSA) is 45.1 Å². The molecule has 2 aromatic rings. The third-order valence-electron chi connectivity index (χ3n) is 3.83. The minimum atomic E-state index is -0.574. The molecule has 1 aliphatic carbocycles. The van der Waals surface area contributed by atoms with Crippen LogP contribution in [0.2, 0.25) is 0 Å². The highest BCUT2D eigenvalue weighted by Gasteiger charge is 2.23. The molecule has 0 radical (unpaired) electrons. The number of nitrogens with one attached hydrogen (secondary N) is 1. The van der Waals surface area contributed by atoms with Gasteiger partial charge < -0.3 is 10.4 Å². The van der Waals surface area contributed by atoms with Gasteiger partial charge in [-0.1, -0.05) is 6.07 Å². The first-order valence-corrected chi connectivity index (χ1v) is 6.84. The molecule has 3 nitrogen and oxygen atoms in total. The number of fused-ring (bicyclic) bond motifs is 1. The summed E-state index contributed by atoms with van der Waals surface area (Å²) < 4.78 is 13.3. The third-order valence-corrected chi connectivity index (χ3v) is 3.83. The molecule has 0 fully saturated rings. The summed E-state index contributed by atoms with van der Waals surface area (Å²) in [5, 5.41) is 13.4. The maximum atomic E-state index is 13.3. The lowest BCUT2D eigenvalue weighted by atomic mass is 10.1. The average molecular weight is 272 g/mol. The number of aryl methyl sites for hydroxylation is 1. The highest BCUT2D eigenvalue weighted by atomic mass is 19.1. The van der Waals surface area contributed by atoms with E-state index in [2.05, 4.69) is 10.3 Å². The van der Waals surface area contributed by atoms with Crippen LogP contribution >= 0.6 is 0 Å². The second-order valence-electron chi connectivity index (χ2n) is 5.14. The minimum Gasteiger partial charge on any atom is -0.387 e. The van der Waals surface area contributed by atoms with Gasteiger partial charge in [0.05, 0.1) is 6.10 Å². The SMILES string of the molecule is OC(CNC1CCc2ccc(F)cc21)c1ccncc1. The molecule has 0 saturated carbocycles. The fourth-order valence-corrected chi connectivity index (χ4v) is 2.74. The van der Waals surface area contributed by atoms with Crippen molar-refractivity contribution < 1.29 is 9.50 Å². The number of aromatic nitrogens is 1. The number of rotatable bonds is 4. The summed E-state index contributed by atoms with van der Waals surface area (Å²) >= 11 is 0. The number of halogens is 1. The minimum absolute atomic E-state index is 0.122. The molecule has 1 aromatic heterocycles. The maximum absolute atomic E-state index is 13.3. The van der Waals surface area contributed by atoms with Gasteiger partial charge in [-0.25, -0.2) is 4.39 Å². The highest BCUT2D eigenvalue weighted by molar-refractivity contribution is 5.35. The van der Waals surface area contributed by atoms with Crippen molar-refractivity contribution in [3.05, 3.63) is 65.2 Å². The van der Waals surface area contributed by atoms with Crippen LogP contribution in [-0.2, 0) is 6.42 Å². The van der Waals surface area contributed by atoms with E-state index in [1.165, 1.54) is 11.6 Å². The van der Waals surface area contributed by atoms with E-state index in [4.69, 9.17) is 0 Å². The molecule has 20 heavy (non-hydrogen) atoms. The molecule has 2 N–H and O–H groups in total. The van der Waals surface area contributed by atoms with Crippen molar-refractivity contribution in [2.24, 2.45) is 0 Å². The number of aliphatic hydroxyl groups excluding tert-OH is 1. The van der Waals surface area contributed by atoms with Gasteiger partial charge in [0, 0.05) is 25.0 Å². The molecule has 1 aliphatic rings. The van der Waals surface area contributed by atoms with Crippen molar-refractivity contribution >= 4 is 0 Å². The van der Waals surface area contributed by atoms with Gasteiger partial charge in [-0.3, -0.25) is 4.98 Å². The van der Waals surface area contributed by atoms with E-state index in [1.54, 1.807) is 30.6 Å². The predicted molar refractivity (Wildman–Crippen MR) is 74.7 cm³/mol. The molecule has 0 bridgehead atoms. The molecular weight excluding hydrogens is 255 g/mol. The van der Waals surface area contributed by atoms with Gasteiger partial charge in [0.1, 0.15) is 5.82 Å². The summed E-state index contributed by atoms with van der Waals surface area (Å²) in [6.45, 7) is 0.449. The molecule has 3 rings (SSSR count). The van der Waals surface area contributed by atoms with Gasteiger partial charge in [0.2, 0.25) is 0 Å². The van der Waals surface area contributed by atoms with Crippen molar-refractivity contribution in [3.8, 4) is 0 Å². The van der Waals surface area contributed by atoms with Crippen LogP contribution in [0.25, 0.3) is 0 Å². The van der Waals surface area contributed by atoms with Crippen LogP contribution in [0.5, 0.6) is 0 Å². The zero-order valence-corrected chi connectivity index (χ0v) is 11.1. The second kappa shape index (κ2) is 5.69. The summed E-state index contributed by atoms with van der Waals surface area (Å²) in [6, 6.07) is 8.68. The van der Waals surface area contributed by atoms with E-state index in [1.807, 2.05) is 6.07 Å². The Morgan fingerprint density at radius 1 is 1.30 bits per heavy atom. The monoisotopic (exact) mass is 272 g/mol. The lowest BCUT2D eigenvalue weighted by Gasteiger charge is -2.17. The van der Waals surface area contributed by atoms with Gasteiger partial charge in [-0.2, -0.15) is 0 Å². The molecular formula is C16H17FN2O. The number of nitrogens with zero attached hydrogens (tertiary/aromatic N) is 1. The van der Waals surface area contributed by atoms with Gasteiger partial charge in [0.25, 0.3) is 0 Å². The fourth-order valence-electron chi connectivity index (χ4n) is 2.74. The number of aliphatic hydroxyl groups is 1. The molecule has 2 atom stereocenters. The normalized spacial score (nSPS) is 18.8. The number of hydrogen-bond donors (Lipinski definition) is 2. The van der Waals surface area contributed by atoms with E-state index in [0.717, 1.165) is 24.0 Å². The van der Waals surface area contributed by atoms with Crippen LogP contribution in [-0.4, -0.2) is 16.6 Å². The Hall–Kier alpha value is -1.78. The first-order chi connectivity index (χ1) is 9.74. The van der Waals surface area contributed by atoms with Crippen molar-refractivity contribution in [2.45, 2.75) is 25.0 Å². The van der Waals surface area contributed by atoms with E-state index in [-0.39, 0.29) is 11.9 Å². The Morgan fingerprint density at radius 3 is 2.90 bits per heavy atom. The zero-order chi connectivity index (χ0) is 13.9. The average Bonchev–Trinajstić information content (AvgIpc) is 2.88. The van der Waals surface area contributed by atoms with Gasteiger partial charge in [0.15, 0.2) is 0 Å². The van der Waals surface area contributed by atoms with Crippen LogP contribution < -0.4 is 5.32 Å². The van der Waals surface area contributed by atoms with Crippen LogP contribution in [0.3, 0.4) is 0 Å². The summed E-state index contributed by atoms with van der Waals surface area (Å²) in [5.41, 5.74) is 3.05. The van der Waals surface area contributed by atoms with Crippen molar-refractivity contribution in [1.82, 2.24) is 10.3 Å². The van der Waals surface area contributed by atoms with E-state index in [0.29, 0.717) is 6.54 Å². The Bertz CT molecular complexity index is 588. The molecule has 0 aliphatic heterocycles. The first-order valence-electron chi connectivity index (χ1n) is 6.84. The second-order valence-corrected chi connectivity index (χ2v) is 5.14. The Labute approximate surface area is 117 Å². The molecule has 0 amide bonds. The molecule has 104 valence electrons. The van der Waals surface area contributed by atoms with Crippen molar-refractivity contribution in [3.63, 3.8) is 0 Å². The molecule has 0 saturated heterocycles. The van der Waals surface area contributed by atoms with Crippen LogP contribution in [0.4, 0.5) is 4.39 Å². The number of benzene rings is 1. The van der Waals surface area contributed by atoms with Crippen molar-refractivity contribution in [1.29, 1.82) is 0 Å². The number of pyridine rings is 1. The smallest absolute Gasteiger partial charge is 0.123 e. The zero-order valence-electron chi connectivity index (χ0n) is 11.1. The summed E-state index contributed by atoms with van der Waals surface area (Å²) in [4.78, 5) is 3.93. The summed E-state index contributed by atoms with van der Waals surface area (Å²) in [6.07, 6.45) is 4.66. The fraction of sp³-hybridized carbons (Fsp3) is 0.312. The lowest BCUT2D eigenvalue weighted by molar-refractivity contribution is 0.169. The summed E-state index contributed by atoms with van der Waals surface area (Å²) in [7, 11) is 0. The van der Waals surface area contributed by atoms with Gasteiger partial charge >= 0.3 is 0 Å². The van der Waals surface area contributed by atoms with Crippen LogP contribution in [0.15, 0.2) is 42.7 Å². The first kappa shape index (κ1) is 13.2. The van der Waals surface area contributed by atoms with Crippen molar-refractivity contribution in [2.75, 3.05) is 6.54 Å². The van der Waals surface area contributed by atoms with E-state index >= 15 is 0 Å².